The van der Waals surface area contributed by atoms with Gasteiger partial charge >= 0.3 is 0 Å². The third kappa shape index (κ3) is 4.29. The number of halogens is 2. The van der Waals surface area contributed by atoms with E-state index >= 15 is 0 Å². The van der Waals surface area contributed by atoms with Crippen molar-refractivity contribution < 1.29 is 4.52 Å². The van der Waals surface area contributed by atoms with Crippen LogP contribution in [0.3, 0.4) is 0 Å². The van der Waals surface area contributed by atoms with Gasteiger partial charge in [0.2, 0.25) is 5.13 Å². The van der Waals surface area contributed by atoms with Crippen molar-refractivity contribution in [2.24, 2.45) is 0 Å². The molecule has 3 aromatic heterocycles. The van der Waals surface area contributed by atoms with Crippen LogP contribution in [0.2, 0.25) is 10.0 Å². The molecule has 0 N–H and O–H groups in total. The average molecular weight is 493 g/mol. The molecule has 162 valence electrons. The van der Waals surface area contributed by atoms with Gasteiger partial charge in [0, 0.05) is 20.9 Å². The molecule has 0 unspecified atom stereocenters. The molecule has 4 rings (SSSR count). The Labute approximate surface area is 199 Å². The van der Waals surface area contributed by atoms with E-state index in [0.29, 0.717) is 15.3 Å². The van der Waals surface area contributed by atoms with Gasteiger partial charge in [-0.05, 0) is 51.5 Å². The molecule has 0 aliphatic rings. The summed E-state index contributed by atoms with van der Waals surface area (Å²) in [5, 5.41) is 11.3. The summed E-state index contributed by atoms with van der Waals surface area (Å²) >= 11 is 15.9. The van der Waals surface area contributed by atoms with Gasteiger partial charge in [0.15, 0.2) is 0 Å². The average Bonchev–Trinajstić information content (AvgIpc) is 3.29. The van der Waals surface area contributed by atoms with Crippen molar-refractivity contribution in [3.05, 3.63) is 51.1 Å². The highest BCUT2D eigenvalue weighted by Gasteiger charge is 2.24. The third-order valence-electron chi connectivity index (χ3n) is 4.82. The molecule has 5 nitrogen and oxygen atoms in total. The summed E-state index contributed by atoms with van der Waals surface area (Å²) in [6.45, 7) is 12.2. The zero-order valence-electron chi connectivity index (χ0n) is 18.1. The predicted octanol–water partition coefficient (Wildman–Crippen LogP) is 7.69. The highest BCUT2D eigenvalue weighted by molar-refractivity contribution is 8.01. The highest BCUT2D eigenvalue weighted by atomic mass is 35.5. The minimum absolute atomic E-state index is 0.414. The monoisotopic (exact) mass is 492 g/mol. The molecule has 1 aromatic carbocycles. The SMILES string of the molecule is Cc1noc(C)c1-c1nc(-n2nc(C)c(-c3cc(Cl)cc(Cl)c3)c2C)sc1SC(C)C. The summed E-state index contributed by atoms with van der Waals surface area (Å²) < 4.78 is 8.43. The van der Waals surface area contributed by atoms with Gasteiger partial charge in [-0.15, -0.1) is 11.8 Å². The van der Waals surface area contributed by atoms with E-state index in [1.807, 2.05) is 44.5 Å². The number of thiazole rings is 1. The molecule has 0 fully saturated rings. The van der Waals surface area contributed by atoms with Crippen LogP contribution in [0.4, 0.5) is 0 Å². The van der Waals surface area contributed by atoms with E-state index < -0.39 is 0 Å². The maximum atomic E-state index is 6.25. The Bertz CT molecular complexity index is 1230. The van der Waals surface area contributed by atoms with Crippen molar-refractivity contribution in [3.63, 3.8) is 0 Å². The van der Waals surface area contributed by atoms with Crippen molar-refractivity contribution in [1.82, 2.24) is 19.9 Å². The molecule has 0 saturated heterocycles. The number of aromatic nitrogens is 4. The van der Waals surface area contributed by atoms with E-state index in [9.17, 15) is 0 Å². The van der Waals surface area contributed by atoms with E-state index in [2.05, 4.69) is 19.0 Å². The molecule has 31 heavy (non-hydrogen) atoms. The Morgan fingerprint density at radius 1 is 1.00 bits per heavy atom. The largest absolute Gasteiger partial charge is 0.361 e. The zero-order valence-corrected chi connectivity index (χ0v) is 21.2. The molecule has 0 atom stereocenters. The third-order valence-corrected chi connectivity index (χ3v) is 7.50. The number of hydrogen-bond donors (Lipinski definition) is 0. The number of hydrogen-bond acceptors (Lipinski definition) is 6. The fourth-order valence-corrected chi connectivity index (χ4v) is 6.62. The lowest BCUT2D eigenvalue weighted by Crippen LogP contribution is -1.98. The number of thioether (sulfide) groups is 1. The minimum Gasteiger partial charge on any atom is -0.361 e. The molecule has 0 aliphatic carbocycles. The predicted molar refractivity (Wildman–Crippen MR) is 130 cm³/mol. The summed E-state index contributed by atoms with van der Waals surface area (Å²) in [6.07, 6.45) is 0. The lowest BCUT2D eigenvalue weighted by Gasteiger charge is -2.05. The quantitative estimate of drug-likeness (QED) is 0.267. The number of aryl methyl sites for hydroxylation is 3. The topological polar surface area (TPSA) is 56.7 Å². The summed E-state index contributed by atoms with van der Waals surface area (Å²) in [5.74, 6) is 0.766. The van der Waals surface area contributed by atoms with Crippen molar-refractivity contribution in [1.29, 1.82) is 0 Å². The lowest BCUT2D eigenvalue weighted by molar-refractivity contribution is 0.393. The van der Waals surface area contributed by atoms with Crippen LogP contribution in [0.5, 0.6) is 0 Å². The van der Waals surface area contributed by atoms with Crippen LogP contribution in [-0.4, -0.2) is 25.2 Å². The summed E-state index contributed by atoms with van der Waals surface area (Å²) in [7, 11) is 0. The van der Waals surface area contributed by atoms with Crippen molar-refractivity contribution in [2.45, 2.75) is 51.0 Å². The van der Waals surface area contributed by atoms with E-state index in [1.54, 1.807) is 29.2 Å². The zero-order chi connectivity index (χ0) is 22.4. The second-order valence-corrected chi connectivity index (χ2v) is 11.3. The van der Waals surface area contributed by atoms with E-state index in [0.717, 1.165) is 54.6 Å². The van der Waals surface area contributed by atoms with Gasteiger partial charge in [0.25, 0.3) is 0 Å². The maximum absolute atomic E-state index is 6.25. The summed E-state index contributed by atoms with van der Waals surface area (Å²) in [5.41, 5.74) is 6.51. The fraction of sp³-hybridized carbons (Fsp3) is 0.318. The van der Waals surface area contributed by atoms with Gasteiger partial charge in [-0.2, -0.15) is 5.10 Å². The van der Waals surface area contributed by atoms with Gasteiger partial charge in [-0.25, -0.2) is 9.67 Å². The van der Waals surface area contributed by atoms with E-state index in [-0.39, 0.29) is 0 Å². The fourth-order valence-electron chi connectivity index (χ4n) is 3.60. The van der Waals surface area contributed by atoms with Gasteiger partial charge in [0.05, 0.1) is 26.9 Å². The first kappa shape index (κ1) is 22.4. The lowest BCUT2D eigenvalue weighted by atomic mass is 10.0. The molecular weight excluding hydrogens is 471 g/mol. The second kappa shape index (κ2) is 8.62. The Morgan fingerprint density at radius 2 is 1.68 bits per heavy atom. The first-order chi connectivity index (χ1) is 14.7. The molecule has 4 aromatic rings. The standard InChI is InChI=1S/C22H22Cl2N4OS2/c1-10(2)30-21-20(19-12(4)27-29-14(19)6)25-22(31-21)28-13(5)18(11(3)26-28)15-7-16(23)9-17(24)8-15/h7-10H,1-6H3. The maximum Gasteiger partial charge on any atom is 0.212 e. The Morgan fingerprint density at radius 3 is 2.26 bits per heavy atom. The van der Waals surface area contributed by atoms with Gasteiger partial charge in [-0.1, -0.05) is 53.5 Å². The molecule has 0 spiro atoms. The van der Waals surface area contributed by atoms with Crippen molar-refractivity contribution in [2.75, 3.05) is 0 Å². The molecule has 3 heterocycles. The first-order valence-corrected chi connectivity index (χ1v) is 12.2. The van der Waals surface area contributed by atoms with Gasteiger partial charge < -0.3 is 4.52 Å². The van der Waals surface area contributed by atoms with Crippen LogP contribution in [0, 0.1) is 27.7 Å². The molecule has 0 radical (unpaired) electrons. The normalized spacial score (nSPS) is 11.6. The molecular formula is C22H22Cl2N4OS2. The van der Waals surface area contributed by atoms with Crippen LogP contribution in [0.15, 0.2) is 26.9 Å². The molecule has 0 saturated carbocycles. The smallest absolute Gasteiger partial charge is 0.212 e. The molecule has 9 heteroatoms. The second-order valence-electron chi connectivity index (χ2n) is 7.61. The van der Waals surface area contributed by atoms with Crippen LogP contribution < -0.4 is 0 Å². The van der Waals surface area contributed by atoms with Crippen molar-refractivity contribution >= 4 is 46.3 Å². The summed E-state index contributed by atoms with van der Waals surface area (Å²) in [6, 6.07) is 5.55. The molecule has 0 bridgehead atoms. The van der Waals surface area contributed by atoms with Gasteiger partial charge in [-0.3, -0.25) is 0 Å². The molecule has 0 amide bonds. The Kier molecular flexibility index (Phi) is 6.23. The highest BCUT2D eigenvalue weighted by Crippen LogP contribution is 2.42. The van der Waals surface area contributed by atoms with Crippen LogP contribution >= 0.6 is 46.3 Å². The summed E-state index contributed by atoms with van der Waals surface area (Å²) in [4.78, 5) is 4.99. The molecule has 0 aliphatic heterocycles. The van der Waals surface area contributed by atoms with Crippen molar-refractivity contribution in [3.8, 4) is 27.5 Å². The number of nitrogens with zero attached hydrogens (tertiary/aromatic N) is 4. The Balaban J connectivity index is 1.88. The Hall–Kier alpha value is -1.80. The van der Waals surface area contributed by atoms with Crippen LogP contribution in [-0.2, 0) is 0 Å². The van der Waals surface area contributed by atoms with Crippen LogP contribution in [0.25, 0.3) is 27.5 Å². The number of rotatable bonds is 5. The van der Waals surface area contributed by atoms with Crippen LogP contribution in [0.1, 0.15) is 36.7 Å². The van der Waals surface area contributed by atoms with Gasteiger partial charge in [0.1, 0.15) is 11.5 Å². The first-order valence-electron chi connectivity index (χ1n) is 9.79. The number of benzene rings is 1. The van der Waals surface area contributed by atoms with E-state index in [1.165, 1.54) is 0 Å². The van der Waals surface area contributed by atoms with E-state index in [4.69, 9.17) is 37.8 Å². The minimum atomic E-state index is 0.414.